The predicted molar refractivity (Wildman–Crippen MR) is 101 cm³/mol. The van der Waals surface area contributed by atoms with E-state index in [1.807, 2.05) is 68.8 Å². The summed E-state index contributed by atoms with van der Waals surface area (Å²) in [4.78, 5) is 12.3. The van der Waals surface area contributed by atoms with Gasteiger partial charge in [0.25, 0.3) is 0 Å². The highest BCUT2D eigenvalue weighted by atomic mass is 16.3. The number of urea groups is 1. The number of carbonyl (C=O) groups excluding carboxylic acids is 1. The standard InChI is InChI=1S/C20H24N4O2/c1-13-7-8-17(10-14(13)2)22-20(25)21-12-18(19-6-5-9-26-19)24-16(4)11-15(3)23-24/h5-11,18H,12H2,1-4H3,(H2,21,22,25). The largest absolute Gasteiger partial charge is 0.467 e. The van der Waals surface area contributed by atoms with Crippen LogP contribution >= 0.6 is 0 Å². The van der Waals surface area contributed by atoms with E-state index in [2.05, 4.69) is 15.7 Å². The van der Waals surface area contributed by atoms with Gasteiger partial charge in [-0.25, -0.2) is 4.79 Å². The van der Waals surface area contributed by atoms with Crippen molar-refractivity contribution in [1.82, 2.24) is 15.1 Å². The van der Waals surface area contributed by atoms with Crippen LogP contribution in [0.1, 0.15) is 34.3 Å². The van der Waals surface area contributed by atoms with Crippen molar-refractivity contribution < 1.29 is 9.21 Å². The number of aryl methyl sites for hydroxylation is 4. The van der Waals surface area contributed by atoms with Gasteiger partial charge < -0.3 is 15.1 Å². The van der Waals surface area contributed by atoms with Crippen LogP contribution in [0.2, 0.25) is 0 Å². The van der Waals surface area contributed by atoms with Crippen LogP contribution in [-0.2, 0) is 0 Å². The number of nitrogens with zero attached hydrogens (tertiary/aromatic N) is 2. The second-order valence-electron chi connectivity index (χ2n) is 6.54. The molecule has 3 rings (SSSR count). The molecule has 6 nitrogen and oxygen atoms in total. The molecule has 2 N–H and O–H groups in total. The molecule has 6 heteroatoms. The highest BCUT2D eigenvalue weighted by Crippen LogP contribution is 2.20. The fourth-order valence-electron chi connectivity index (χ4n) is 2.93. The number of nitrogens with one attached hydrogen (secondary N) is 2. The van der Waals surface area contributed by atoms with E-state index in [0.717, 1.165) is 28.4 Å². The molecule has 26 heavy (non-hydrogen) atoms. The van der Waals surface area contributed by atoms with Crippen molar-refractivity contribution in [3.8, 4) is 0 Å². The molecule has 0 bridgehead atoms. The van der Waals surface area contributed by atoms with Gasteiger partial charge in [0, 0.05) is 17.9 Å². The SMILES string of the molecule is Cc1cc(C)n(C(CNC(=O)Nc2ccc(C)c(C)c2)c2ccco2)n1. The summed E-state index contributed by atoms with van der Waals surface area (Å²) in [7, 11) is 0. The lowest BCUT2D eigenvalue weighted by Gasteiger charge is -2.18. The molecule has 136 valence electrons. The lowest BCUT2D eigenvalue weighted by atomic mass is 10.1. The number of hydrogen-bond acceptors (Lipinski definition) is 3. The molecule has 3 aromatic rings. The smallest absolute Gasteiger partial charge is 0.319 e. The number of rotatable bonds is 5. The van der Waals surface area contributed by atoms with E-state index in [-0.39, 0.29) is 12.1 Å². The van der Waals surface area contributed by atoms with Gasteiger partial charge in [-0.1, -0.05) is 6.07 Å². The maximum Gasteiger partial charge on any atom is 0.319 e. The zero-order valence-electron chi connectivity index (χ0n) is 15.5. The molecule has 0 aliphatic heterocycles. The molecule has 0 saturated carbocycles. The highest BCUT2D eigenvalue weighted by molar-refractivity contribution is 5.89. The van der Waals surface area contributed by atoms with Crippen LogP contribution < -0.4 is 10.6 Å². The van der Waals surface area contributed by atoms with Crippen LogP contribution in [0.3, 0.4) is 0 Å². The minimum Gasteiger partial charge on any atom is -0.467 e. The Morgan fingerprint density at radius 2 is 1.96 bits per heavy atom. The number of amides is 2. The third kappa shape index (κ3) is 3.96. The highest BCUT2D eigenvalue weighted by Gasteiger charge is 2.20. The molecule has 0 spiro atoms. The van der Waals surface area contributed by atoms with Gasteiger partial charge in [-0.3, -0.25) is 4.68 Å². The summed E-state index contributed by atoms with van der Waals surface area (Å²) in [5.74, 6) is 0.752. The summed E-state index contributed by atoms with van der Waals surface area (Å²) in [5.41, 5.74) is 5.04. The summed E-state index contributed by atoms with van der Waals surface area (Å²) >= 11 is 0. The molecule has 0 aliphatic rings. The number of benzene rings is 1. The zero-order chi connectivity index (χ0) is 18.7. The van der Waals surface area contributed by atoms with E-state index >= 15 is 0 Å². The van der Waals surface area contributed by atoms with Crippen LogP contribution in [0.25, 0.3) is 0 Å². The molecule has 0 radical (unpaired) electrons. The van der Waals surface area contributed by atoms with Crippen LogP contribution in [0.4, 0.5) is 10.5 Å². The third-order valence-corrected chi connectivity index (χ3v) is 4.43. The van der Waals surface area contributed by atoms with E-state index in [1.54, 1.807) is 6.26 Å². The Labute approximate surface area is 153 Å². The molecule has 1 atom stereocenters. The van der Waals surface area contributed by atoms with E-state index in [1.165, 1.54) is 5.56 Å². The van der Waals surface area contributed by atoms with E-state index < -0.39 is 0 Å². The monoisotopic (exact) mass is 352 g/mol. The van der Waals surface area contributed by atoms with E-state index in [4.69, 9.17) is 4.42 Å². The fourth-order valence-corrected chi connectivity index (χ4v) is 2.93. The first-order chi connectivity index (χ1) is 12.4. The first-order valence-corrected chi connectivity index (χ1v) is 8.62. The predicted octanol–water partition coefficient (Wildman–Crippen LogP) is 4.12. The van der Waals surface area contributed by atoms with Gasteiger partial charge in [0.15, 0.2) is 0 Å². The van der Waals surface area contributed by atoms with Crippen molar-refractivity contribution in [3.05, 3.63) is 70.9 Å². The lowest BCUT2D eigenvalue weighted by molar-refractivity contribution is 0.249. The average molecular weight is 352 g/mol. The second-order valence-corrected chi connectivity index (χ2v) is 6.54. The van der Waals surface area contributed by atoms with Crippen molar-refractivity contribution in [1.29, 1.82) is 0 Å². The van der Waals surface area contributed by atoms with Gasteiger partial charge in [0.2, 0.25) is 0 Å². The quantitative estimate of drug-likeness (QED) is 0.725. The molecule has 0 aliphatic carbocycles. The summed E-state index contributed by atoms with van der Waals surface area (Å²) in [6, 6.07) is 11.1. The molecule has 1 aromatic carbocycles. The molecular formula is C20H24N4O2. The Kier molecular flexibility index (Phi) is 5.11. The summed E-state index contributed by atoms with van der Waals surface area (Å²) in [6.07, 6.45) is 1.63. The van der Waals surface area contributed by atoms with E-state index in [9.17, 15) is 4.79 Å². The summed E-state index contributed by atoms with van der Waals surface area (Å²) in [6.45, 7) is 8.37. The molecule has 2 amide bonds. The van der Waals surface area contributed by atoms with Crippen LogP contribution in [0.5, 0.6) is 0 Å². The molecule has 2 heterocycles. The Hall–Kier alpha value is -3.02. The van der Waals surface area contributed by atoms with Gasteiger partial charge in [-0.05, 0) is 69.2 Å². The van der Waals surface area contributed by atoms with Gasteiger partial charge >= 0.3 is 6.03 Å². The minimum absolute atomic E-state index is 0.204. The van der Waals surface area contributed by atoms with Crippen LogP contribution in [0.15, 0.2) is 47.1 Å². The Balaban J connectivity index is 1.70. The molecule has 1 unspecified atom stereocenters. The van der Waals surface area contributed by atoms with E-state index in [0.29, 0.717) is 6.54 Å². The molecule has 2 aromatic heterocycles. The Morgan fingerprint density at radius 1 is 1.15 bits per heavy atom. The lowest BCUT2D eigenvalue weighted by Crippen LogP contribution is -2.35. The number of aromatic nitrogens is 2. The number of carbonyl (C=O) groups is 1. The van der Waals surface area contributed by atoms with Gasteiger partial charge in [-0.2, -0.15) is 5.10 Å². The average Bonchev–Trinajstić information content (AvgIpc) is 3.22. The van der Waals surface area contributed by atoms with Gasteiger partial charge in [-0.15, -0.1) is 0 Å². The minimum atomic E-state index is -0.258. The van der Waals surface area contributed by atoms with Crippen molar-refractivity contribution in [2.75, 3.05) is 11.9 Å². The molecule has 0 fully saturated rings. The number of furan rings is 1. The van der Waals surface area contributed by atoms with Crippen LogP contribution in [-0.4, -0.2) is 22.4 Å². The van der Waals surface area contributed by atoms with Crippen molar-refractivity contribution in [3.63, 3.8) is 0 Å². The third-order valence-electron chi connectivity index (χ3n) is 4.43. The topological polar surface area (TPSA) is 72.1 Å². The normalized spacial score (nSPS) is 12.0. The Bertz CT molecular complexity index is 897. The van der Waals surface area contributed by atoms with Gasteiger partial charge in [0.05, 0.1) is 12.0 Å². The summed E-state index contributed by atoms with van der Waals surface area (Å²) in [5, 5.41) is 10.3. The maximum absolute atomic E-state index is 12.3. The molecular weight excluding hydrogens is 328 g/mol. The van der Waals surface area contributed by atoms with Crippen LogP contribution in [0, 0.1) is 27.7 Å². The number of anilines is 1. The van der Waals surface area contributed by atoms with Crippen molar-refractivity contribution >= 4 is 11.7 Å². The number of hydrogen-bond donors (Lipinski definition) is 2. The summed E-state index contributed by atoms with van der Waals surface area (Å²) < 4.78 is 7.44. The van der Waals surface area contributed by atoms with Crippen molar-refractivity contribution in [2.45, 2.75) is 33.7 Å². The first-order valence-electron chi connectivity index (χ1n) is 8.62. The Morgan fingerprint density at radius 3 is 2.58 bits per heavy atom. The zero-order valence-corrected chi connectivity index (χ0v) is 15.5. The molecule has 0 saturated heterocycles. The maximum atomic E-state index is 12.3. The second kappa shape index (κ2) is 7.47. The first kappa shape index (κ1) is 17.8. The van der Waals surface area contributed by atoms with Gasteiger partial charge in [0.1, 0.15) is 11.8 Å². The van der Waals surface area contributed by atoms with Crippen molar-refractivity contribution in [2.24, 2.45) is 0 Å². The fraction of sp³-hybridized carbons (Fsp3) is 0.300.